The van der Waals surface area contributed by atoms with E-state index in [4.69, 9.17) is 0 Å². The van der Waals surface area contributed by atoms with Crippen molar-refractivity contribution in [2.24, 2.45) is 0 Å². The lowest BCUT2D eigenvalue weighted by molar-refractivity contribution is -0.137. The molecule has 2 heterocycles. The van der Waals surface area contributed by atoms with Crippen molar-refractivity contribution in [1.29, 1.82) is 10.5 Å². The number of rotatable bonds is 4. The fourth-order valence-corrected chi connectivity index (χ4v) is 5.11. The second kappa shape index (κ2) is 9.45. The normalized spacial score (nSPS) is 15.4. The zero-order valence-corrected chi connectivity index (χ0v) is 21.3. The lowest BCUT2D eigenvalue weighted by Crippen LogP contribution is -2.31. The molecule has 1 aromatic heterocycles. The van der Waals surface area contributed by atoms with Crippen LogP contribution in [0.5, 0.6) is 0 Å². The van der Waals surface area contributed by atoms with Gasteiger partial charge in [0.2, 0.25) is 5.95 Å². The molecule has 4 rings (SSSR count). The first-order valence-electron chi connectivity index (χ1n) is 10.9. The number of aromatic nitrogens is 3. The van der Waals surface area contributed by atoms with Gasteiger partial charge in [-0.25, -0.2) is 22.8 Å². The van der Waals surface area contributed by atoms with Gasteiger partial charge >= 0.3 is 12.3 Å². The number of benzene rings is 2. The van der Waals surface area contributed by atoms with Gasteiger partial charge in [0, 0.05) is 30.3 Å². The van der Waals surface area contributed by atoms with E-state index in [2.05, 4.69) is 10.1 Å². The number of nitriles is 2. The Balaban J connectivity index is 2.08. The molecule has 0 radical (unpaired) electrons. The second-order valence-electron chi connectivity index (χ2n) is 8.53. The molecule has 0 saturated carbocycles. The number of halogens is 3. The molecule has 1 unspecified atom stereocenters. The third-order valence-electron chi connectivity index (χ3n) is 6.02. The van der Waals surface area contributed by atoms with Gasteiger partial charge in [-0.3, -0.25) is 4.90 Å². The van der Waals surface area contributed by atoms with Gasteiger partial charge in [-0.15, -0.1) is 5.10 Å². The summed E-state index contributed by atoms with van der Waals surface area (Å²) in [6.45, 7) is 1.44. The van der Waals surface area contributed by atoms with Crippen molar-refractivity contribution in [2.45, 2.75) is 24.0 Å². The highest BCUT2D eigenvalue weighted by atomic mass is 32.2. The Morgan fingerprint density at radius 3 is 2.41 bits per heavy atom. The standard InChI is InChI=1S/C24H18F3N7O4S/c1-13-18(12-29)20(17-8-7-14(11-28)9-19(17)39(3,37)38)34-22(30-21(31-34)32(2)23(35)36)33(13)16-6-4-5-15(10-16)24(25,26)27/h4-10,20H,1-3H3,(H,35,36). The van der Waals surface area contributed by atoms with Crippen molar-refractivity contribution < 1.29 is 31.5 Å². The minimum absolute atomic E-state index is 0.0323. The topological polar surface area (TPSA) is 156 Å². The maximum Gasteiger partial charge on any atom is 0.416 e. The first kappa shape index (κ1) is 27.2. The molecular weight excluding hydrogens is 539 g/mol. The van der Waals surface area contributed by atoms with E-state index in [-0.39, 0.29) is 44.9 Å². The summed E-state index contributed by atoms with van der Waals surface area (Å²) in [5, 5.41) is 33.2. The Hall–Kier alpha value is -4.89. The van der Waals surface area contributed by atoms with Crippen LogP contribution in [0.4, 0.5) is 35.5 Å². The molecule has 0 aliphatic carbocycles. The first-order chi connectivity index (χ1) is 18.2. The summed E-state index contributed by atoms with van der Waals surface area (Å²) in [5.74, 6) is -0.538. The zero-order valence-electron chi connectivity index (χ0n) is 20.5. The fraction of sp³-hybridized carbons (Fsp3) is 0.208. The average molecular weight is 558 g/mol. The largest absolute Gasteiger partial charge is 0.465 e. The van der Waals surface area contributed by atoms with Crippen molar-refractivity contribution in [2.75, 3.05) is 23.1 Å². The second-order valence-corrected chi connectivity index (χ2v) is 10.5. The monoisotopic (exact) mass is 557 g/mol. The van der Waals surface area contributed by atoms with Crippen LogP contribution in [-0.2, 0) is 16.0 Å². The van der Waals surface area contributed by atoms with Gasteiger partial charge in [-0.2, -0.15) is 28.7 Å². The van der Waals surface area contributed by atoms with E-state index in [1.165, 1.54) is 30.0 Å². The number of hydrogen-bond acceptors (Lipinski definition) is 8. The van der Waals surface area contributed by atoms with Crippen LogP contribution in [0.3, 0.4) is 0 Å². The number of anilines is 3. The Labute approximate surface area is 220 Å². The molecule has 1 aliphatic rings. The van der Waals surface area contributed by atoms with E-state index in [1.807, 2.05) is 12.1 Å². The summed E-state index contributed by atoms with van der Waals surface area (Å²) >= 11 is 0. The Morgan fingerprint density at radius 1 is 1.15 bits per heavy atom. The van der Waals surface area contributed by atoms with E-state index in [1.54, 1.807) is 0 Å². The minimum atomic E-state index is -4.68. The van der Waals surface area contributed by atoms with Crippen LogP contribution < -0.4 is 9.80 Å². The van der Waals surface area contributed by atoms with Gasteiger partial charge in [0.15, 0.2) is 9.84 Å². The smallest absolute Gasteiger partial charge is 0.416 e. The molecular formula is C24H18F3N7O4S. The van der Waals surface area contributed by atoms with Gasteiger partial charge in [-0.1, -0.05) is 12.1 Å². The van der Waals surface area contributed by atoms with Crippen LogP contribution in [0.1, 0.15) is 29.7 Å². The molecule has 200 valence electrons. The van der Waals surface area contributed by atoms with E-state index in [0.29, 0.717) is 4.90 Å². The minimum Gasteiger partial charge on any atom is -0.465 e. The third kappa shape index (κ3) is 4.75. The molecule has 11 nitrogen and oxygen atoms in total. The molecule has 1 amide bonds. The van der Waals surface area contributed by atoms with E-state index < -0.39 is 33.7 Å². The number of allylic oxidation sites excluding steroid dienone is 2. The van der Waals surface area contributed by atoms with Crippen LogP contribution >= 0.6 is 0 Å². The molecule has 1 N–H and O–H groups in total. The van der Waals surface area contributed by atoms with E-state index in [9.17, 15) is 42.0 Å². The number of hydrogen-bond donors (Lipinski definition) is 1. The molecule has 1 atom stereocenters. The maximum absolute atomic E-state index is 13.5. The third-order valence-corrected chi connectivity index (χ3v) is 7.17. The number of nitrogens with zero attached hydrogens (tertiary/aromatic N) is 7. The van der Waals surface area contributed by atoms with Gasteiger partial charge in [0.1, 0.15) is 6.04 Å². The lowest BCUT2D eigenvalue weighted by atomic mass is 9.95. The highest BCUT2D eigenvalue weighted by Crippen LogP contribution is 2.45. The molecule has 0 spiro atoms. The number of carbonyl (C=O) groups is 1. The summed E-state index contributed by atoms with van der Waals surface area (Å²) in [4.78, 5) is 17.5. The Morgan fingerprint density at radius 2 is 1.85 bits per heavy atom. The first-order valence-corrected chi connectivity index (χ1v) is 12.8. The summed E-state index contributed by atoms with van der Waals surface area (Å²) in [5.41, 5.74) is -0.945. The summed E-state index contributed by atoms with van der Waals surface area (Å²) in [6.07, 6.45) is -5.21. The summed E-state index contributed by atoms with van der Waals surface area (Å²) in [6, 6.07) is 10.6. The molecule has 2 aromatic carbocycles. The number of fused-ring (bicyclic) bond motifs is 1. The van der Waals surface area contributed by atoms with Gasteiger partial charge in [0.25, 0.3) is 5.95 Å². The van der Waals surface area contributed by atoms with E-state index in [0.717, 1.165) is 42.3 Å². The number of amides is 1. The van der Waals surface area contributed by atoms with Crippen molar-refractivity contribution in [3.05, 3.63) is 70.4 Å². The summed E-state index contributed by atoms with van der Waals surface area (Å²) < 4.78 is 67.0. The Bertz CT molecular complexity index is 1730. The highest BCUT2D eigenvalue weighted by Gasteiger charge is 2.39. The fourth-order valence-electron chi connectivity index (χ4n) is 4.16. The number of alkyl halides is 3. The molecule has 39 heavy (non-hydrogen) atoms. The molecule has 0 saturated heterocycles. The van der Waals surface area contributed by atoms with Crippen molar-refractivity contribution in [3.63, 3.8) is 0 Å². The van der Waals surface area contributed by atoms with E-state index >= 15 is 0 Å². The zero-order chi connectivity index (χ0) is 28.9. The van der Waals surface area contributed by atoms with Crippen LogP contribution in [0.25, 0.3) is 0 Å². The van der Waals surface area contributed by atoms with Crippen LogP contribution in [0.15, 0.2) is 58.6 Å². The quantitative estimate of drug-likeness (QED) is 0.496. The van der Waals surface area contributed by atoms with Gasteiger partial charge in [0.05, 0.1) is 33.7 Å². The van der Waals surface area contributed by atoms with Crippen molar-refractivity contribution in [1.82, 2.24) is 14.8 Å². The lowest BCUT2D eigenvalue weighted by Gasteiger charge is -2.34. The van der Waals surface area contributed by atoms with Crippen LogP contribution in [0.2, 0.25) is 0 Å². The number of carboxylic acid groups (broad SMARTS) is 1. The van der Waals surface area contributed by atoms with Gasteiger partial charge < -0.3 is 5.11 Å². The molecule has 3 aromatic rings. The highest BCUT2D eigenvalue weighted by molar-refractivity contribution is 7.90. The number of sulfone groups is 1. The predicted molar refractivity (Wildman–Crippen MR) is 131 cm³/mol. The molecule has 1 aliphatic heterocycles. The average Bonchev–Trinajstić information content (AvgIpc) is 3.30. The Kier molecular flexibility index (Phi) is 6.58. The SMILES string of the molecule is CC1=C(C#N)C(c2ccc(C#N)cc2S(C)(=O)=O)n2nc(N(C)C(=O)O)nc2N1c1cccc(C(F)(F)F)c1. The van der Waals surface area contributed by atoms with Crippen LogP contribution in [-0.4, -0.2) is 47.7 Å². The summed E-state index contributed by atoms with van der Waals surface area (Å²) in [7, 11) is -2.82. The van der Waals surface area contributed by atoms with Crippen molar-refractivity contribution in [3.8, 4) is 12.1 Å². The molecule has 0 fully saturated rings. The van der Waals surface area contributed by atoms with Gasteiger partial charge in [-0.05, 0) is 37.3 Å². The molecule has 15 heteroatoms. The van der Waals surface area contributed by atoms with Crippen molar-refractivity contribution >= 4 is 33.5 Å². The molecule has 0 bridgehead atoms. The maximum atomic E-state index is 13.5. The van der Waals surface area contributed by atoms with Crippen LogP contribution in [0, 0.1) is 22.7 Å². The predicted octanol–water partition coefficient (Wildman–Crippen LogP) is 4.22.